The van der Waals surface area contributed by atoms with Crippen molar-refractivity contribution in [2.45, 2.75) is 39.2 Å². The van der Waals surface area contributed by atoms with Crippen molar-refractivity contribution in [3.8, 4) is 5.75 Å². The lowest BCUT2D eigenvalue weighted by Crippen LogP contribution is -2.47. The van der Waals surface area contributed by atoms with E-state index in [1.165, 1.54) is 0 Å². The van der Waals surface area contributed by atoms with Crippen molar-refractivity contribution in [1.29, 1.82) is 0 Å². The van der Waals surface area contributed by atoms with E-state index in [2.05, 4.69) is 17.6 Å². The third-order valence-corrected chi connectivity index (χ3v) is 4.66. The molecule has 0 saturated carbocycles. The van der Waals surface area contributed by atoms with Gasteiger partial charge in [0.2, 0.25) is 5.91 Å². The molecule has 0 bridgehead atoms. The van der Waals surface area contributed by atoms with Gasteiger partial charge in [0.25, 0.3) is 0 Å². The van der Waals surface area contributed by atoms with Crippen LogP contribution in [0.5, 0.6) is 5.75 Å². The summed E-state index contributed by atoms with van der Waals surface area (Å²) in [6, 6.07) is 7.86. The van der Waals surface area contributed by atoms with E-state index >= 15 is 0 Å². The number of nitrogens with one attached hydrogen (secondary N) is 2. The minimum Gasteiger partial charge on any atom is -0.497 e. The number of methoxy groups -OCH3 is 1. The first kappa shape index (κ1) is 15.8. The van der Waals surface area contributed by atoms with Crippen molar-refractivity contribution in [3.63, 3.8) is 0 Å². The van der Waals surface area contributed by atoms with Crippen molar-refractivity contribution in [3.05, 3.63) is 29.8 Å². The lowest BCUT2D eigenvalue weighted by molar-refractivity contribution is -0.133. The molecule has 1 heterocycles. The maximum atomic E-state index is 12.7. The highest BCUT2D eigenvalue weighted by molar-refractivity contribution is 5.83. The monoisotopic (exact) mass is 290 g/mol. The van der Waals surface area contributed by atoms with Gasteiger partial charge in [0, 0.05) is 0 Å². The molecule has 21 heavy (non-hydrogen) atoms. The van der Waals surface area contributed by atoms with E-state index in [1.807, 2.05) is 31.2 Å². The molecule has 1 aromatic rings. The Morgan fingerprint density at radius 3 is 2.76 bits per heavy atom. The Morgan fingerprint density at radius 1 is 1.43 bits per heavy atom. The van der Waals surface area contributed by atoms with Gasteiger partial charge >= 0.3 is 0 Å². The molecule has 0 radical (unpaired) electrons. The Balaban J connectivity index is 2.06. The summed E-state index contributed by atoms with van der Waals surface area (Å²) in [5.74, 6) is 1.00. The summed E-state index contributed by atoms with van der Waals surface area (Å²) in [6.07, 6.45) is 2.73. The van der Waals surface area contributed by atoms with Crippen LogP contribution in [0.4, 0.5) is 0 Å². The molecule has 4 nitrogen and oxygen atoms in total. The zero-order valence-electron chi connectivity index (χ0n) is 13.2. The second-order valence-electron chi connectivity index (χ2n) is 5.86. The number of amides is 1. The fourth-order valence-corrected chi connectivity index (χ4v) is 2.99. The van der Waals surface area contributed by atoms with Crippen LogP contribution >= 0.6 is 0 Å². The van der Waals surface area contributed by atoms with Gasteiger partial charge in [0.05, 0.1) is 18.6 Å². The van der Waals surface area contributed by atoms with E-state index in [1.54, 1.807) is 7.11 Å². The average molecular weight is 290 g/mol. The fourth-order valence-electron chi connectivity index (χ4n) is 2.99. The number of carbonyl (C=O) groups is 1. The van der Waals surface area contributed by atoms with Crippen LogP contribution in [0.15, 0.2) is 24.3 Å². The molecule has 1 unspecified atom stereocenters. The van der Waals surface area contributed by atoms with Crippen molar-refractivity contribution in [2.24, 2.45) is 5.41 Å². The van der Waals surface area contributed by atoms with Crippen molar-refractivity contribution in [1.82, 2.24) is 10.6 Å². The number of benzene rings is 1. The Labute approximate surface area is 127 Å². The van der Waals surface area contributed by atoms with E-state index in [9.17, 15) is 4.79 Å². The number of hydrogen-bond acceptors (Lipinski definition) is 3. The molecule has 2 N–H and O–H groups in total. The van der Waals surface area contributed by atoms with Gasteiger partial charge in [0.15, 0.2) is 0 Å². The Bertz CT molecular complexity index is 481. The second-order valence-corrected chi connectivity index (χ2v) is 5.86. The average Bonchev–Trinajstić information content (AvgIpc) is 2.55. The standard InChI is InChI=1S/C17H26N2O2/c1-4-17(8-10-18-11-9-17)16(20)19-13(2)14-6-5-7-15(12-14)21-3/h5-7,12-13,18H,4,8-11H2,1-3H3,(H,19,20). The van der Waals surface area contributed by atoms with Crippen LogP contribution in [0, 0.1) is 5.41 Å². The summed E-state index contributed by atoms with van der Waals surface area (Å²) < 4.78 is 5.25. The summed E-state index contributed by atoms with van der Waals surface area (Å²) in [5, 5.41) is 6.52. The molecule has 1 aliphatic heterocycles. The van der Waals surface area contributed by atoms with Crippen molar-refractivity contribution >= 4 is 5.91 Å². The molecular formula is C17H26N2O2. The molecule has 0 aliphatic carbocycles. The summed E-state index contributed by atoms with van der Waals surface area (Å²) in [4.78, 5) is 12.7. The van der Waals surface area contributed by atoms with E-state index < -0.39 is 0 Å². The molecule has 1 aromatic carbocycles. The molecule has 0 spiro atoms. The van der Waals surface area contributed by atoms with Gasteiger partial charge in [0.1, 0.15) is 5.75 Å². The minimum atomic E-state index is -0.210. The quantitative estimate of drug-likeness (QED) is 0.876. The highest BCUT2D eigenvalue weighted by Crippen LogP contribution is 2.33. The molecule has 4 heteroatoms. The van der Waals surface area contributed by atoms with Crippen LogP contribution in [0.3, 0.4) is 0 Å². The molecular weight excluding hydrogens is 264 g/mol. The zero-order valence-corrected chi connectivity index (χ0v) is 13.2. The first-order valence-electron chi connectivity index (χ1n) is 7.77. The highest BCUT2D eigenvalue weighted by Gasteiger charge is 2.38. The number of carbonyl (C=O) groups excluding carboxylic acids is 1. The van der Waals surface area contributed by atoms with Gasteiger partial charge in [-0.2, -0.15) is 0 Å². The molecule has 1 saturated heterocycles. The van der Waals surface area contributed by atoms with Gasteiger partial charge in [-0.05, 0) is 57.0 Å². The normalized spacial score (nSPS) is 18.8. The smallest absolute Gasteiger partial charge is 0.226 e. The molecule has 0 aromatic heterocycles. The summed E-state index contributed by atoms with van der Waals surface area (Å²) in [5.41, 5.74) is 0.862. The van der Waals surface area contributed by atoms with Gasteiger partial charge in [-0.3, -0.25) is 4.79 Å². The summed E-state index contributed by atoms with van der Waals surface area (Å²) in [6.45, 7) is 5.99. The topological polar surface area (TPSA) is 50.4 Å². The van der Waals surface area contributed by atoms with Crippen LogP contribution in [0.2, 0.25) is 0 Å². The first-order chi connectivity index (χ1) is 10.1. The lowest BCUT2D eigenvalue weighted by atomic mass is 9.75. The number of hydrogen-bond donors (Lipinski definition) is 2. The van der Waals surface area contributed by atoms with E-state index in [4.69, 9.17) is 4.74 Å². The highest BCUT2D eigenvalue weighted by atomic mass is 16.5. The molecule has 116 valence electrons. The fraction of sp³-hybridized carbons (Fsp3) is 0.588. The second kappa shape index (κ2) is 6.94. The summed E-state index contributed by atoms with van der Waals surface area (Å²) >= 11 is 0. The van der Waals surface area contributed by atoms with Gasteiger partial charge in [-0.1, -0.05) is 19.1 Å². The zero-order chi connectivity index (χ0) is 15.3. The Kier molecular flexibility index (Phi) is 5.23. The van der Waals surface area contributed by atoms with Gasteiger partial charge in [-0.25, -0.2) is 0 Å². The number of rotatable bonds is 5. The molecule has 1 atom stereocenters. The van der Waals surface area contributed by atoms with Crippen LogP contribution in [-0.4, -0.2) is 26.1 Å². The third kappa shape index (κ3) is 3.56. The third-order valence-electron chi connectivity index (χ3n) is 4.66. The SMILES string of the molecule is CCC1(C(=O)NC(C)c2cccc(OC)c2)CCNCC1. The predicted octanol–water partition coefficient (Wildman–Crippen LogP) is 2.65. The Morgan fingerprint density at radius 2 is 2.14 bits per heavy atom. The van der Waals surface area contributed by atoms with Crippen LogP contribution in [0.25, 0.3) is 0 Å². The lowest BCUT2D eigenvalue weighted by Gasteiger charge is -2.36. The molecule has 1 aliphatic rings. The van der Waals surface area contributed by atoms with E-state index in [0.717, 1.165) is 43.7 Å². The van der Waals surface area contributed by atoms with E-state index in [0.29, 0.717) is 0 Å². The molecule has 2 rings (SSSR count). The van der Waals surface area contributed by atoms with Crippen LogP contribution < -0.4 is 15.4 Å². The molecule has 1 fully saturated rings. The molecule has 1 amide bonds. The summed E-state index contributed by atoms with van der Waals surface area (Å²) in [7, 11) is 1.66. The largest absolute Gasteiger partial charge is 0.497 e. The number of piperidine rings is 1. The van der Waals surface area contributed by atoms with Gasteiger partial charge in [-0.15, -0.1) is 0 Å². The minimum absolute atomic E-state index is 0.00842. The van der Waals surface area contributed by atoms with Crippen molar-refractivity contribution in [2.75, 3.05) is 20.2 Å². The van der Waals surface area contributed by atoms with E-state index in [-0.39, 0.29) is 17.4 Å². The predicted molar refractivity (Wildman–Crippen MR) is 84.4 cm³/mol. The maximum Gasteiger partial charge on any atom is 0.226 e. The van der Waals surface area contributed by atoms with Crippen molar-refractivity contribution < 1.29 is 9.53 Å². The van der Waals surface area contributed by atoms with Gasteiger partial charge < -0.3 is 15.4 Å². The van der Waals surface area contributed by atoms with Crippen LogP contribution in [0.1, 0.15) is 44.7 Å². The van der Waals surface area contributed by atoms with Crippen LogP contribution in [-0.2, 0) is 4.79 Å². The number of ether oxygens (including phenoxy) is 1. The Hall–Kier alpha value is -1.55. The first-order valence-corrected chi connectivity index (χ1v) is 7.77. The maximum absolute atomic E-state index is 12.7.